The Labute approximate surface area is 133 Å². The minimum Gasteiger partial charge on any atom is -0.267 e. The van der Waals surface area contributed by atoms with E-state index in [-0.39, 0.29) is 11.3 Å². The average molecular weight is 337 g/mol. The first kappa shape index (κ1) is 17.1. The molecule has 9 heteroatoms. The molecule has 6 nitrogen and oxygen atoms in total. The lowest BCUT2D eigenvalue weighted by atomic mass is 10.1. The van der Waals surface area contributed by atoms with Gasteiger partial charge < -0.3 is 0 Å². The monoisotopic (exact) mass is 337 g/mol. The van der Waals surface area contributed by atoms with Crippen molar-refractivity contribution in [2.75, 3.05) is 0 Å². The van der Waals surface area contributed by atoms with Gasteiger partial charge in [0, 0.05) is 17.7 Å². The van der Waals surface area contributed by atoms with Crippen molar-refractivity contribution in [3.63, 3.8) is 0 Å². The summed E-state index contributed by atoms with van der Waals surface area (Å²) >= 11 is 0. The molecule has 0 atom stereocenters. The highest BCUT2D eigenvalue weighted by molar-refractivity contribution is 5.95. The Morgan fingerprint density at radius 3 is 2.42 bits per heavy atom. The zero-order valence-electron chi connectivity index (χ0n) is 11.9. The second-order valence-corrected chi connectivity index (χ2v) is 4.63. The number of non-ortho nitro benzene ring substituents is 1. The topological polar surface area (TPSA) is 84.6 Å². The van der Waals surface area contributed by atoms with E-state index in [0.29, 0.717) is 5.56 Å². The Morgan fingerprint density at radius 1 is 1.17 bits per heavy atom. The first-order valence-electron chi connectivity index (χ1n) is 6.52. The predicted octanol–water partition coefficient (Wildman–Crippen LogP) is 3.38. The van der Waals surface area contributed by atoms with Gasteiger partial charge in [-0.1, -0.05) is 18.2 Å². The van der Waals surface area contributed by atoms with Gasteiger partial charge in [0.25, 0.3) is 11.6 Å². The van der Waals surface area contributed by atoms with Gasteiger partial charge in [0.2, 0.25) is 0 Å². The normalized spacial score (nSPS) is 11.5. The zero-order valence-corrected chi connectivity index (χ0v) is 11.9. The molecular weight excluding hydrogens is 327 g/mol. The highest BCUT2D eigenvalue weighted by Crippen LogP contribution is 2.28. The second kappa shape index (κ2) is 6.90. The van der Waals surface area contributed by atoms with Crippen LogP contribution in [0.4, 0.5) is 18.9 Å². The van der Waals surface area contributed by atoms with E-state index in [1.54, 1.807) is 0 Å². The van der Waals surface area contributed by atoms with Crippen LogP contribution in [0.2, 0.25) is 0 Å². The van der Waals surface area contributed by atoms with Crippen LogP contribution >= 0.6 is 0 Å². The van der Waals surface area contributed by atoms with Gasteiger partial charge in [-0.25, -0.2) is 5.43 Å². The summed E-state index contributed by atoms with van der Waals surface area (Å²) in [5, 5.41) is 14.2. The van der Waals surface area contributed by atoms with Crippen LogP contribution in [0.15, 0.2) is 53.6 Å². The molecule has 0 fully saturated rings. The minimum atomic E-state index is -4.42. The number of benzene rings is 2. The van der Waals surface area contributed by atoms with E-state index in [1.165, 1.54) is 30.3 Å². The summed E-state index contributed by atoms with van der Waals surface area (Å²) in [5.41, 5.74) is 1.50. The van der Waals surface area contributed by atoms with Crippen molar-refractivity contribution >= 4 is 17.8 Å². The summed E-state index contributed by atoms with van der Waals surface area (Å²) < 4.78 is 37.2. The fourth-order valence-electron chi connectivity index (χ4n) is 1.75. The number of nitro groups is 1. The van der Waals surface area contributed by atoms with Crippen molar-refractivity contribution in [1.29, 1.82) is 0 Å². The summed E-state index contributed by atoms with van der Waals surface area (Å²) in [6.07, 6.45) is -3.26. The molecule has 24 heavy (non-hydrogen) atoms. The molecule has 0 saturated heterocycles. The lowest BCUT2D eigenvalue weighted by Crippen LogP contribution is -2.17. The van der Waals surface area contributed by atoms with Gasteiger partial charge in [-0.3, -0.25) is 14.9 Å². The first-order valence-corrected chi connectivity index (χ1v) is 6.52. The lowest BCUT2D eigenvalue weighted by Gasteiger charge is -2.05. The molecule has 0 aliphatic rings. The minimum absolute atomic E-state index is 0.0359. The maximum absolute atomic E-state index is 12.4. The highest BCUT2D eigenvalue weighted by atomic mass is 19.4. The van der Waals surface area contributed by atoms with Gasteiger partial charge >= 0.3 is 6.18 Å². The number of hydrogen-bond acceptors (Lipinski definition) is 4. The number of alkyl halides is 3. The molecule has 0 radical (unpaired) electrons. The molecule has 1 N–H and O–H groups in total. The SMILES string of the molecule is O=C(N/N=C\c1ccc(C(F)(F)F)cc1)c1cccc([N+](=O)[O-])c1. The fraction of sp³-hybridized carbons (Fsp3) is 0.0667. The number of carbonyl (C=O) groups is 1. The van der Waals surface area contributed by atoms with Crippen LogP contribution < -0.4 is 5.43 Å². The van der Waals surface area contributed by atoms with Crippen LogP contribution in [0.3, 0.4) is 0 Å². The molecule has 0 aliphatic heterocycles. The number of carbonyl (C=O) groups excluding carboxylic acids is 1. The Bertz CT molecular complexity index is 787. The molecule has 0 aromatic heterocycles. The number of amides is 1. The van der Waals surface area contributed by atoms with Crippen molar-refractivity contribution < 1.29 is 22.9 Å². The molecule has 0 aliphatic carbocycles. The van der Waals surface area contributed by atoms with Crippen molar-refractivity contribution in [3.05, 3.63) is 75.3 Å². The zero-order chi connectivity index (χ0) is 17.7. The van der Waals surface area contributed by atoms with E-state index in [1.807, 2.05) is 0 Å². The lowest BCUT2D eigenvalue weighted by molar-refractivity contribution is -0.384. The van der Waals surface area contributed by atoms with Crippen LogP contribution in [-0.2, 0) is 6.18 Å². The van der Waals surface area contributed by atoms with Crippen molar-refractivity contribution in [2.24, 2.45) is 5.10 Å². The largest absolute Gasteiger partial charge is 0.416 e. The summed E-state index contributed by atoms with van der Waals surface area (Å²) in [6, 6.07) is 9.24. The molecule has 0 bridgehead atoms. The van der Waals surface area contributed by atoms with Crippen LogP contribution in [0.5, 0.6) is 0 Å². The van der Waals surface area contributed by atoms with E-state index in [4.69, 9.17) is 0 Å². The number of halogens is 3. The van der Waals surface area contributed by atoms with Gasteiger partial charge in [-0.15, -0.1) is 0 Å². The van der Waals surface area contributed by atoms with E-state index >= 15 is 0 Å². The van der Waals surface area contributed by atoms with E-state index in [2.05, 4.69) is 10.5 Å². The van der Waals surface area contributed by atoms with E-state index in [9.17, 15) is 28.1 Å². The molecule has 124 valence electrons. The molecule has 0 spiro atoms. The smallest absolute Gasteiger partial charge is 0.267 e. The number of nitrogens with zero attached hydrogens (tertiary/aromatic N) is 2. The van der Waals surface area contributed by atoms with Gasteiger partial charge in [0.15, 0.2) is 0 Å². The maximum atomic E-state index is 12.4. The van der Waals surface area contributed by atoms with Gasteiger partial charge in [-0.2, -0.15) is 18.3 Å². The number of hydrogen-bond donors (Lipinski definition) is 1. The molecule has 2 aromatic carbocycles. The quantitative estimate of drug-likeness (QED) is 0.527. The third-order valence-corrected chi connectivity index (χ3v) is 2.94. The predicted molar refractivity (Wildman–Crippen MR) is 79.6 cm³/mol. The van der Waals surface area contributed by atoms with Crippen molar-refractivity contribution in [2.45, 2.75) is 6.18 Å². The number of rotatable bonds is 4. The van der Waals surface area contributed by atoms with Crippen LogP contribution in [0.1, 0.15) is 21.5 Å². The third kappa shape index (κ3) is 4.38. The Hall–Kier alpha value is -3.23. The van der Waals surface area contributed by atoms with Gasteiger partial charge in [0.05, 0.1) is 16.7 Å². The fourth-order valence-corrected chi connectivity index (χ4v) is 1.75. The molecule has 1 amide bonds. The molecular formula is C15H10F3N3O3. The Kier molecular flexibility index (Phi) is 4.93. The van der Waals surface area contributed by atoms with E-state index < -0.39 is 22.6 Å². The first-order chi connectivity index (χ1) is 11.3. The standard InChI is InChI=1S/C15H10F3N3O3/c16-15(17,18)12-6-4-10(5-7-12)9-19-20-14(22)11-2-1-3-13(8-11)21(23)24/h1-9H,(H,20,22)/b19-9-. The Morgan fingerprint density at radius 2 is 1.83 bits per heavy atom. The van der Waals surface area contributed by atoms with Gasteiger partial charge in [-0.05, 0) is 23.8 Å². The highest BCUT2D eigenvalue weighted by Gasteiger charge is 2.29. The van der Waals surface area contributed by atoms with Crippen LogP contribution in [0.25, 0.3) is 0 Å². The van der Waals surface area contributed by atoms with E-state index in [0.717, 1.165) is 24.4 Å². The number of hydrazone groups is 1. The van der Waals surface area contributed by atoms with Crippen LogP contribution in [0, 0.1) is 10.1 Å². The molecule has 2 rings (SSSR count). The second-order valence-electron chi connectivity index (χ2n) is 4.63. The number of nitrogens with one attached hydrogen (secondary N) is 1. The van der Waals surface area contributed by atoms with Gasteiger partial charge in [0.1, 0.15) is 0 Å². The summed E-state index contributed by atoms with van der Waals surface area (Å²) in [5.74, 6) is -0.679. The van der Waals surface area contributed by atoms with Crippen LogP contribution in [-0.4, -0.2) is 17.0 Å². The molecule has 0 saturated carbocycles. The average Bonchev–Trinajstić information content (AvgIpc) is 2.54. The third-order valence-electron chi connectivity index (χ3n) is 2.94. The summed E-state index contributed by atoms with van der Waals surface area (Å²) in [6.45, 7) is 0. The van der Waals surface area contributed by atoms with Crippen molar-refractivity contribution in [1.82, 2.24) is 5.43 Å². The number of nitro benzene ring substituents is 1. The molecule has 2 aromatic rings. The summed E-state index contributed by atoms with van der Waals surface area (Å²) in [7, 11) is 0. The summed E-state index contributed by atoms with van der Waals surface area (Å²) in [4.78, 5) is 21.8. The Balaban J connectivity index is 2.02. The van der Waals surface area contributed by atoms with Crippen molar-refractivity contribution in [3.8, 4) is 0 Å². The molecule has 0 heterocycles. The molecule has 0 unspecified atom stereocenters. The maximum Gasteiger partial charge on any atom is 0.416 e.